The number of benzene rings is 2. The van der Waals surface area contributed by atoms with Crippen molar-refractivity contribution in [2.45, 2.75) is 44.4 Å². The summed E-state index contributed by atoms with van der Waals surface area (Å²) in [7, 11) is -2.31. The molecule has 0 saturated carbocycles. The van der Waals surface area contributed by atoms with Crippen LogP contribution >= 0.6 is 0 Å². The summed E-state index contributed by atoms with van der Waals surface area (Å²) in [4.78, 5) is 12.4. The molecule has 0 heterocycles. The van der Waals surface area contributed by atoms with Gasteiger partial charge in [-0.25, -0.2) is 13.8 Å². The minimum Gasteiger partial charge on any atom is -0.497 e. The van der Waals surface area contributed by atoms with Crippen molar-refractivity contribution in [3.63, 3.8) is 0 Å². The van der Waals surface area contributed by atoms with Gasteiger partial charge in [-0.1, -0.05) is 32.8 Å². The second kappa shape index (κ2) is 10.6. The van der Waals surface area contributed by atoms with E-state index in [0.29, 0.717) is 11.4 Å². The molecule has 0 fully saturated rings. The van der Waals surface area contributed by atoms with E-state index in [1.165, 1.54) is 25.3 Å². The third kappa shape index (κ3) is 6.60. The van der Waals surface area contributed by atoms with E-state index in [-0.39, 0.29) is 10.5 Å². The smallest absolute Gasteiger partial charge is 0.271 e. The Labute approximate surface area is 172 Å². The molecule has 0 aliphatic rings. The first-order valence-electron chi connectivity index (χ1n) is 9.52. The number of carbonyl (C=O) groups is 1. The lowest BCUT2D eigenvalue weighted by Gasteiger charge is -2.10. The number of nitrogens with one attached hydrogen (secondary N) is 2. The number of nitrogens with zero attached hydrogens (tertiary/aromatic N) is 1. The van der Waals surface area contributed by atoms with E-state index in [4.69, 9.17) is 4.74 Å². The van der Waals surface area contributed by atoms with Gasteiger partial charge in [0.25, 0.3) is 15.9 Å². The number of hydrogen-bond acceptors (Lipinski definition) is 5. The molecule has 0 saturated heterocycles. The second-order valence-corrected chi connectivity index (χ2v) is 8.16. The van der Waals surface area contributed by atoms with Crippen LogP contribution in [0.2, 0.25) is 0 Å². The van der Waals surface area contributed by atoms with Crippen LogP contribution < -0.4 is 14.9 Å². The molecular formula is C21H27N3O4S. The van der Waals surface area contributed by atoms with Gasteiger partial charge in [-0.15, -0.1) is 0 Å². The monoisotopic (exact) mass is 417 g/mol. The van der Waals surface area contributed by atoms with Gasteiger partial charge in [-0.3, -0.25) is 9.52 Å². The lowest BCUT2D eigenvalue weighted by molar-refractivity contribution is 0.0954. The van der Waals surface area contributed by atoms with Crippen LogP contribution in [0.4, 0.5) is 5.69 Å². The lowest BCUT2D eigenvalue weighted by Crippen LogP contribution is -2.20. The van der Waals surface area contributed by atoms with E-state index in [9.17, 15) is 13.2 Å². The zero-order valence-corrected chi connectivity index (χ0v) is 17.8. The van der Waals surface area contributed by atoms with Crippen LogP contribution in [-0.2, 0) is 10.0 Å². The molecule has 8 heteroatoms. The van der Waals surface area contributed by atoms with Gasteiger partial charge in [0.2, 0.25) is 0 Å². The van der Waals surface area contributed by atoms with E-state index >= 15 is 0 Å². The SMILES string of the molecule is CCCC(CCC)=NNC(=O)c1cccc(S(=O)(=O)Nc2ccc(OC)cc2)c1. The van der Waals surface area contributed by atoms with Crippen LogP contribution in [0.1, 0.15) is 49.9 Å². The molecule has 0 aliphatic carbocycles. The highest BCUT2D eigenvalue weighted by Gasteiger charge is 2.16. The van der Waals surface area contributed by atoms with Crippen molar-refractivity contribution in [2.75, 3.05) is 11.8 Å². The third-order valence-electron chi connectivity index (χ3n) is 4.14. The van der Waals surface area contributed by atoms with Crippen LogP contribution in [0.25, 0.3) is 0 Å². The number of ether oxygens (including phenoxy) is 1. The fourth-order valence-electron chi connectivity index (χ4n) is 2.69. The topological polar surface area (TPSA) is 96.9 Å². The molecule has 0 atom stereocenters. The maximum atomic E-state index is 12.7. The molecule has 156 valence electrons. The van der Waals surface area contributed by atoms with Crippen molar-refractivity contribution in [2.24, 2.45) is 5.10 Å². The number of hydrogen-bond donors (Lipinski definition) is 2. The first-order valence-corrected chi connectivity index (χ1v) is 11.0. The van der Waals surface area contributed by atoms with Crippen LogP contribution in [0.15, 0.2) is 58.5 Å². The molecule has 1 amide bonds. The maximum Gasteiger partial charge on any atom is 0.271 e. The average Bonchev–Trinajstić information content (AvgIpc) is 2.72. The molecule has 2 aromatic rings. The number of hydrazone groups is 1. The van der Waals surface area contributed by atoms with Crippen molar-refractivity contribution in [1.82, 2.24) is 5.43 Å². The summed E-state index contributed by atoms with van der Waals surface area (Å²) >= 11 is 0. The van der Waals surface area contributed by atoms with Gasteiger partial charge < -0.3 is 4.74 Å². The number of amides is 1. The number of rotatable bonds is 10. The van der Waals surface area contributed by atoms with Crippen LogP contribution in [0, 0.1) is 0 Å². The van der Waals surface area contributed by atoms with Gasteiger partial charge in [0, 0.05) is 17.0 Å². The van der Waals surface area contributed by atoms with E-state index in [1.54, 1.807) is 30.3 Å². The summed E-state index contributed by atoms with van der Waals surface area (Å²) in [6.07, 6.45) is 3.52. The lowest BCUT2D eigenvalue weighted by atomic mass is 10.1. The molecule has 2 N–H and O–H groups in total. The summed E-state index contributed by atoms with van der Waals surface area (Å²) in [5.41, 5.74) is 4.07. The third-order valence-corrected chi connectivity index (χ3v) is 5.52. The van der Waals surface area contributed by atoms with E-state index < -0.39 is 15.9 Å². The van der Waals surface area contributed by atoms with Crippen LogP contribution in [0.5, 0.6) is 5.75 Å². The van der Waals surface area contributed by atoms with Crippen LogP contribution in [-0.4, -0.2) is 27.1 Å². The molecule has 2 rings (SSSR count). The number of anilines is 1. The number of sulfonamides is 1. The summed E-state index contributed by atoms with van der Waals surface area (Å²) < 4.78 is 32.9. The van der Waals surface area contributed by atoms with Crippen molar-refractivity contribution in [3.8, 4) is 5.75 Å². The Morgan fingerprint density at radius 2 is 1.69 bits per heavy atom. The van der Waals surface area contributed by atoms with Gasteiger partial charge >= 0.3 is 0 Å². The fraction of sp³-hybridized carbons (Fsp3) is 0.333. The minimum absolute atomic E-state index is 0.00714. The number of carbonyl (C=O) groups excluding carboxylic acids is 1. The molecule has 0 aromatic heterocycles. The molecule has 29 heavy (non-hydrogen) atoms. The first-order chi connectivity index (χ1) is 13.9. The molecule has 0 radical (unpaired) electrons. The molecular weight excluding hydrogens is 390 g/mol. The summed E-state index contributed by atoms with van der Waals surface area (Å²) in [5, 5.41) is 4.20. The molecule has 0 bridgehead atoms. The summed E-state index contributed by atoms with van der Waals surface area (Å²) in [6, 6.07) is 12.4. The maximum absolute atomic E-state index is 12.7. The van der Waals surface area contributed by atoms with Crippen molar-refractivity contribution in [3.05, 3.63) is 54.1 Å². The normalized spacial score (nSPS) is 10.9. The summed E-state index contributed by atoms with van der Waals surface area (Å²) in [6.45, 7) is 4.11. The Bertz CT molecular complexity index is 946. The van der Waals surface area contributed by atoms with Gasteiger partial charge in [0.05, 0.1) is 12.0 Å². The Kier molecular flexibility index (Phi) is 8.21. The van der Waals surface area contributed by atoms with Crippen molar-refractivity contribution < 1.29 is 17.9 Å². The van der Waals surface area contributed by atoms with Crippen molar-refractivity contribution in [1.29, 1.82) is 0 Å². The van der Waals surface area contributed by atoms with Crippen molar-refractivity contribution >= 4 is 27.3 Å². The first kappa shape index (κ1) is 22.4. The Balaban J connectivity index is 2.16. The molecule has 0 unspecified atom stereocenters. The molecule has 0 spiro atoms. The van der Waals surface area contributed by atoms with E-state index in [1.807, 2.05) is 0 Å². The fourth-order valence-corrected chi connectivity index (χ4v) is 3.79. The molecule has 0 aliphatic heterocycles. The predicted octanol–water partition coefficient (Wildman–Crippen LogP) is 4.18. The van der Waals surface area contributed by atoms with Gasteiger partial charge in [0.1, 0.15) is 5.75 Å². The van der Waals surface area contributed by atoms with Gasteiger partial charge in [0.15, 0.2) is 0 Å². The summed E-state index contributed by atoms with van der Waals surface area (Å²) in [5.74, 6) is 0.175. The minimum atomic E-state index is -3.84. The molecule has 2 aromatic carbocycles. The van der Waals surface area contributed by atoms with Gasteiger partial charge in [-0.05, 0) is 55.3 Å². The largest absolute Gasteiger partial charge is 0.497 e. The Morgan fingerprint density at radius 3 is 2.28 bits per heavy atom. The van der Waals surface area contributed by atoms with E-state index in [2.05, 4.69) is 29.1 Å². The standard InChI is InChI=1S/C21H27N3O4S/c1-4-7-17(8-5-2)22-23-21(25)16-9-6-10-20(15-16)29(26,27)24-18-11-13-19(28-3)14-12-18/h6,9-15,24H,4-5,7-8H2,1-3H3,(H,23,25). The Morgan fingerprint density at radius 1 is 1.03 bits per heavy atom. The predicted molar refractivity (Wildman–Crippen MR) is 115 cm³/mol. The van der Waals surface area contributed by atoms with Gasteiger partial charge in [-0.2, -0.15) is 5.10 Å². The molecule has 7 nitrogen and oxygen atoms in total. The van der Waals surface area contributed by atoms with Crippen LogP contribution in [0.3, 0.4) is 0 Å². The highest BCUT2D eigenvalue weighted by atomic mass is 32.2. The quantitative estimate of drug-likeness (QED) is 0.448. The Hall–Kier alpha value is -2.87. The zero-order valence-electron chi connectivity index (χ0n) is 16.9. The number of methoxy groups -OCH3 is 1. The second-order valence-electron chi connectivity index (χ2n) is 6.48. The highest BCUT2D eigenvalue weighted by molar-refractivity contribution is 7.92. The average molecular weight is 418 g/mol. The zero-order chi connectivity index (χ0) is 21.3. The highest BCUT2D eigenvalue weighted by Crippen LogP contribution is 2.20. The van der Waals surface area contributed by atoms with E-state index in [0.717, 1.165) is 31.4 Å².